The van der Waals surface area contributed by atoms with Crippen LogP contribution in [-0.2, 0) is 19.7 Å². The Hall–Kier alpha value is -1.90. The first-order valence-electron chi connectivity index (χ1n) is 7.87. The Morgan fingerprint density at radius 3 is 2.41 bits per heavy atom. The zero-order chi connectivity index (χ0) is 16.2. The maximum atomic E-state index is 12.8. The zero-order valence-corrected chi connectivity index (χ0v) is 13.4. The van der Waals surface area contributed by atoms with E-state index in [1.165, 1.54) is 5.56 Å². The first-order chi connectivity index (χ1) is 10.5. The molecule has 2 rings (SSSR count). The van der Waals surface area contributed by atoms with Gasteiger partial charge in [-0.3, -0.25) is 4.79 Å². The maximum Gasteiger partial charge on any atom is 0.330 e. The van der Waals surface area contributed by atoms with E-state index in [4.69, 9.17) is 4.74 Å². The molecule has 1 fully saturated rings. The summed E-state index contributed by atoms with van der Waals surface area (Å²) in [5, 5.41) is 0. The topological polar surface area (TPSA) is 43.4 Å². The van der Waals surface area contributed by atoms with Crippen molar-refractivity contribution in [1.29, 1.82) is 0 Å². The molecule has 1 aromatic carbocycles. The van der Waals surface area contributed by atoms with Crippen LogP contribution in [0.25, 0.3) is 0 Å². The van der Waals surface area contributed by atoms with Crippen molar-refractivity contribution in [2.75, 3.05) is 6.61 Å². The highest BCUT2D eigenvalue weighted by molar-refractivity contribution is 5.93. The second-order valence-electron chi connectivity index (χ2n) is 6.37. The Kier molecular flexibility index (Phi) is 5.17. The molecule has 3 nitrogen and oxygen atoms in total. The standard InChI is InChI=1S/C19H24O3/c1-4-18(21)22-13-17(20)19(11-9-15(3)10-12-19)16-7-5-14(2)6-8-16/h4-8,15H,1,9-13H2,2-3H3. The highest BCUT2D eigenvalue weighted by Gasteiger charge is 2.42. The third-order valence-electron chi connectivity index (χ3n) is 4.78. The van der Waals surface area contributed by atoms with Crippen LogP contribution >= 0.6 is 0 Å². The van der Waals surface area contributed by atoms with Gasteiger partial charge in [0.05, 0.1) is 5.41 Å². The number of ether oxygens (including phenoxy) is 1. The Morgan fingerprint density at radius 1 is 1.27 bits per heavy atom. The van der Waals surface area contributed by atoms with Crippen molar-refractivity contribution in [2.24, 2.45) is 5.92 Å². The van der Waals surface area contributed by atoms with Crippen molar-refractivity contribution in [1.82, 2.24) is 0 Å². The maximum absolute atomic E-state index is 12.8. The van der Waals surface area contributed by atoms with Gasteiger partial charge < -0.3 is 4.74 Å². The van der Waals surface area contributed by atoms with Crippen molar-refractivity contribution < 1.29 is 14.3 Å². The largest absolute Gasteiger partial charge is 0.455 e. The fourth-order valence-electron chi connectivity index (χ4n) is 3.19. The van der Waals surface area contributed by atoms with Crippen LogP contribution < -0.4 is 0 Å². The number of hydrogen-bond donors (Lipinski definition) is 0. The average molecular weight is 300 g/mol. The highest BCUT2D eigenvalue weighted by atomic mass is 16.5. The van der Waals surface area contributed by atoms with Gasteiger partial charge in [0, 0.05) is 6.08 Å². The van der Waals surface area contributed by atoms with E-state index >= 15 is 0 Å². The molecule has 22 heavy (non-hydrogen) atoms. The molecule has 0 N–H and O–H groups in total. The minimum absolute atomic E-state index is 0.00143. The fourth-order valence-corrected chi connectivity index (χ4v) is 3.19. The molecule has 0 bridgehead atoms. The van der Waals surface area contributed by atoms with Crippen molar-refractivity contribution in [3.63, 3.8) is 0 Å². The Bertz CT molecular complexity index is 549. The van der Waals surface area contributed by atoms with E-state index in [-0.39, 0.29) is 12.4 Å². The number of aryl methyl sites for hydroxylation is 1. The second kappa shape index (κ2) is 6.91. The molecule has 0 spiro atoms. The van der Waals surface area contributed by atoms with Gasteiger partial charge in [0.15, 0.2) is 12.4 Å². The summed E-state index contributed by atoms with van der Waals surface area (Å²) in [6.07, 6.45) is 4.78. The lowest BCUT2D eigenvalue weighted by molar-refractivity contribution is -0.145. The summed E-state index contributed by atoms with van der Waals surface area (Å²) in [7, 11) is 0. The third kappa shape index (κ3) is 3.46. The summed E-state index contributed by atoms with van der Waals surface area (Å²) in [6, 6.07) is 8.16. The van der Waals surface area contributed by atoms with Crippen LogP contribution in [0.4, 0.5) is 0 Å². The molecule has 0 aromatic heterocycles. The van der Waals surface area contributed by atoms with E-state index < -0.39 is 11.4 Å². The van der Waals surface area contributed by atoms with Gasteiger partial charge in [-0.05, 0) is 44.1 Å². The molecule has 1 aliphatic carbocycles. The lowest BCUT2D eigenvalue weighted by Gasteiger charge is -2.38. The number of benzene rings is 1. The van der Waals surface area contributed by atoms with Crippen LogP contribution in [0.1, 0.15) is 43.7 Å². The number of esters is 1. The van der Waals surface area contributed by atoms with E-state index in [9.17, 15) is 9.59 Å². The normalized spacial score (nSPS) is 24.5. The fraction of sp³-hybridized carbons (Fsp3) is 0.474. The van der Waals surface area contributed by atoms with Gasteiger partial charge in [-0.15, -0.1) is 0 Å². The first-order valence-corrected chi connectivity index (χ1v) is 7.87. The van der Waals surface area contributed by atoms with E-state index in [1.807, 2.05) is 31.2 Å². The predicted molar refractivity (Wildman–Crippen MR) is 86.7 cm³/mol. The summed E-state index contributed by atoms with van der Waals surface area (Å²) in [6.45, 7) is 7.45. The molecule has 118 valence electrons. The molecule has 0 aliphatic heterocycles. The van der Waals surface area contributed by atoms with Gasteiger partial charge >= 0.3 is 5.97 Å². The monoisotopic (exact) mass is 300 g/mol. The molecule has 3 heteroatoms. The number of Topliss-reactive ketones (excluding diaryl/α,β-unsaturated/α-hetero) is 1. The molecule has 0 radical (unpaired) electrons. The van der Waals surface area contributed by atoms with Crippen LogP contribution in [0.5, 0.6) is 0 Å². The summed E-state index contributed by atoms with van der Waals surface area (Å²) < 4.78 is 5.00. The molecule has 1 aromatic rings. The summed E-state index contributed by atoms with van der Waals surface area (Å²) >= 11 is 0. The van der Waals surface area contributed by atoms with Crippen molar-refractivity contribution in [2.45, 2.75) is 44.9 Å². The van der Waals surface area contributed by atoms with Crippen LogP contribution in [0.15, 0.2) is 36.9 Å². The van der Waals surface area contributed by atoms with Crippen molar-refractivity contribution >= 4 is 11.8 Å². The van der Waals surface area contributed by atoms with Crippen LogP contribution in [0.2, 0.25) is 0 Å². The molecule has 0 saturated heterocycles. The summed E-state index contributed by atoms with van der Waals surface area (Å²) in [5.74, 6) is 0.0946. The number of rotatable bonds is 5. The number of carbonyl (C=O) groups is 2. The lowest BCUT2D eigenvalue weighted by atomic mass is 9.64. The minimum Gasteiger partial charge on any atom is -0.455 e. The Morgan fingerprint density at radius 2 is 1.86 bits per heavy atom. The Labute approximate surface area is 132 Å². The molecule has 0 amide bonds. The number of hydrogen-bond acceptors (Lipinski definition) is 3. The van der Waals surface area contributed by atoms with Gasteiger partial charge in [0.25, 0.3) is 0 Å². The Balaban J connectivity index is 2.25. The lowest BCUT2D eigenvalue weighted by Crippen LogP contribution is -2.42. The highest BCUT2D eigenvalue weighted by Crippen LogP contribution is 2.42. The zero-order valence-electron chi connectivity index (χ0n) is 13.4. The predicted octanol–water partition coefficient (Wildman–Crippen LogP) is 3.74. The number of ketones is 1. The average Bonchev–Trinajstić information content (AvgIpc) is 2.54. The molecule has 0 heterocycles. The van der Waals surface area contributed by atoms with Gasteiger partial charge in [-0.2, -0.15) is 0 Å². The van der Waals surface area contributed by atoms with E-state index in [1.54, 1.807) is 0 Å². The van der Waals surface area contributed by atoms with Crippen molar-refractivity contribution in [3.8, 4) is 0 Å². The molecule has 0 unspecified atom stereocenters. The summed E-state index contributed by atoms with van der Waals surface area (Å²) in [4.78, 5) is 24.1. The van der Waals surface area contributed by atoms with Gasteiger partial charge in [0.1, 0.15) is 0 Å². The molecular formula is C19H24O3. The van der Waals surface area contributed by atoms with E-state index in [2.05, 4.69) is 13.5 Å². The van der Waals surface area contributed by atoms with Crippen LogP contribution in [-0.4, -0.2) is 18.4 Å². The van der Waals surface area contributed by atoms with Crippen LogP contribution in [0.3, 0.4) is 0 Å². The van der Waals surface area contributed by atoms with E-state index in [0.29, 0.717) is 5.92 Å². The first kappa shape index (κ1) is 16.5. The van der Waals surface area contributed by atoms with Crippen LogP contribution in [0, 0.1) is 12.8 Å². The van der Waals surface area contributed by atoms with Gasteiger partial charge in [-0.25, -0.2) is 4.79 Å². The quantitative estimate of drug-likeness (QED) is 0.614. The van der Waals surface area contributed by atoms with Gasteiger partial charge in [0.2, 0.25) is 0 Å². The molecule has 1 aliphatic rings. The second-order valence-corrected chi connectivity index (χ2v) is 6.37. The number of carbonyl (C=O) groups excluding carboxylic acids is 2. The molecular weight excluding hydrogens is 276 g/mol. The molecule has 1 saturated carbocycles. The smallest absolute Gasteiger partial charge is 0.330 e. The minimum atomic E-state index is -0.545. The summed E-state index contributed by atoms with van der Waals surface area (Å²) in [5.41, 5.74) is 1.71. The van der Waals surface area contributed by atoms with Crippen molar-refractivity contribution in [3.05, 3.63) is 48.0 Å². The third-order valence-corrected chi connectivity index (χ3v) is 4.78. The SMILES string of the molecule is C=CC(=O)OCC(=O)C1(c2ccc(C)cc2)CCC(C)CC1. The molecule has 0 atom stereocenters. The van der Waals surface area contributed by atoms with Gasteiger partial charge in [-0.1, -0.05) is 43.3 Å². The van der Waals surface area contributed by atoms with E-state index in [0.717, 1.165) is 37.3 Å².